The largest absolute Gasteiger partial charge is 0.494 e. The van der Waals surface area contributed by atoms with Crippen molar-refractivity contribution in [3.63, 3.8) is 0 Å². The van der Waals surface area contributed by atoms with Gasteiger partial charge in [-0.2, -0.15) is 0 Å². The summed E-state index contributed by atoms with van der Waals surface area (Å²) in [5, 5.41) is 9.61. The third-order valence-electron chi connectivity index (χ3n) is 5.25. The van der Waals surface area contributed by atoms with E-state index < -0.39 is 0 Å². The number of aliphatic hydroxyl groups excluding tert-OH is 1. The van der Waals surface area contributed by atoms with Crippen LogP contribution in [-0.2, 0) is 13.2 Å². The van der Waals surface area contributed by atoms with Gasteiger partial charge in [0.15, 0.2) is 5.78 Å². The Hall–Kier alpha value is -1.82. The molecule has 1 atom stereocenters. The van der Waals surface area contributed by atoms with Crippen molar-refractivity contribution in [3.8, 4) is 5.75 Å². The zero-order valence-corrected chi connectivity index (χ0v) is 17.5. The molecule has 1 saturated heterocycles. The zero-order valence-electron chi connectivity index (χ0n) is 16.7. The second-order valence-electron chi connectivity index (χ2n) is 7.20. The Balaban J connectivity index is 1.65. The van der Waals surface area contributed by atoms with E-state index in [1.54, 1.807) is 11.8 Å². The van der Waals surface area contributed by atoms with Crippen LogP contribution in [0.1, 0.15) is 41.3 Å². The third kappa shape index (κ3) is 5.16. The summed E-state index contributed by atoms with van der Waals surface area (Å²) in [6.45, 7) is 5.06. The van der Waals surface area contributed by atoms with Gasteiger partial charge in [-0.05, 0) is 62.4 Å². The number of thioether (sulfide) groups is 1. The number of piperidine rings is 1. The maximum atomic E-state index is 12.9. The summed E-state index contributed by atoms with van der Waals surface area (Å²) in [6, 6.07) is 13.9. The van der Waals surface area contributed by atoms with Crippen LogP contribution in [0.25, 0.3) is 0 Å². The van der Waals surface area contributed by atoms with Gasteiger partial charge in [0.25, 0.3) is 0 Å². The molecule has 0 amide bonds. The first kappa shape index (κ1) is 20.9. The number of Topliss-reactive ketones (excluding diaryl/α,β-unsaturated/α-hetero) is 1. The van der Waals surface area contributed by atoms with Crippen molar-refractivity contribution in [2.45, 2.75) is 37.8 Å². The van der Waals surface area contributed by atoms with E-state index in [9.17, 15) is 9.90 Å². The molecule has 4 nitrogen and oxygen atoms in total. The Morgan fingerprint density at radius 3 is 2.71 bits per heavy atom. The first-order chi connectivity index (χ1) is 13.6. The van der Waals surface area contributed by atoms with E-state index in [-0.39, 0.29) is 18.3 Å². The van der Waals surface area contributed by atoms with E-state index >= 15 is 0 Å². The molecule has 0 aromatic heterocycles. The van der Waals surface area contributed by atoms with Crippen LogP contribution in [0.4, 0.5) is 0 Å². The lowest BCUT2D eigenvalue weighted by Gasteiger charge is -2.32. The molecule has 1 aliphatic heterocycles. The van der Waals surface area contributed by atoms with E-state index in [1.807, 2.05) is 49.6 Å². The Morgan fingerprint density at radius 2 is 2.04 bits per heavy atom. The van der Waals surface area contributed by atoms with E-state index in [4.69, 9.17) is 4.74 Å². The van der Waals surface area contributed by atoms with Crippen LogP contribution in [0.2, 0.25) is 0 Å². The van der Waals surface area contributed by atoms with Gasteiger partial charge in [-0.3, -0.25) is 9.69 Å². The molecule has 150 valence electrons. The zero-order chi connectivity index (χ0) is 19.9. The molecule has 2 aromatic rings. The van der Waals surface area contributed by atoms with Gasteiger partial charge < -0.3 is 9.84 Å². The van der Waals surface area contributed by atoms with Crippen molar-refractivity contribution in [1.29, 1.82) is 0 Å². The summed E-state index contributed by atoms with van der Waals surface area (Å²) >= 11 is 1.69. The molecular weight excluding hydrogens is 370 g/mol. The summed E-state index contributed by atoms with van der Waals surface area (Å²) in [6.07, 6.45) is 4.02. The van der Waals surface area contributed by atoms with Crippen molar-refractivity contribution in [2.75, 3.05) is 26.0 Å². The number of rotatable bonds is 8. The minimum Gasteiger partial charge on any atom is -0.494 e. The topological polar surface area (TPSA) is 49.8 Å². The SMILES string of the molecule is CCOc1ccc(CN2CCC[C@H](C(=O)c3ccc(SC)cc3)C2)cc1CO. The lowest BCUT2D eigenvalue weighted by atomic mass is 9.90. The number of hydrogen-bond acceptors (Lipinski definition) is 5. The van der Waals surface area contributed by atoms with Crippen LogP contribution in [0.5, 0.6) is 5.75 Å². The minimum atomic E-state index is -0.0314. The van der Waals surface area contributed by atoms with Crippen molar-refractivity contribution in [3.05, 3.63) is 59.2 Å². The number of likely N-dealkylation sites (tertiary alicyclic amines) is 1. The van der Waals surface area contributed by atoms with Gasteiger partial charge in [-0.1, -0.05) is 18.2 Å². The van der Waals surface area contributed by atoms with E-state index in [0.29, 0.717) is 6.61 Å². The van der Waals surface area contributed by atoms with Crippen molar-refractivity contribution in [1.82, 2.24) is 4.90 Å². The van der Waals surface area contributed by atoms with Gasteiger partial charge in [0.05, 0.1) is 13.2 Å². The van der Waals surface area contributed by atoms with Gasteiger partial charge in [-0.15, -0.1) is 11.8 Å². The standard InChI is InChI=1S/C23H29NO3S/c1-3-27-22-11-6-17(13-20(22)16-25)14-24-12-4-5-19(15-24)23(26)18-7-9-21(28-2)10-8-18/h6-11,13,19,25H,3-5,12,14-16H2,1-2H3/t19-/m0/s1. The molecule has 28 heavy (non-hydrogen) atoms. The molecule has 0 spiro atoms. The molecule has 5 heteroatoms. The molecule has 0 bridgehead atoms. The lowest BCUT2D eigenvalue weighted by molar-refractivity contribution is 0.0811. The second-order valence-corrected chi connectivity index (χ2v) is 8.08. The fraction of sp³-hybridized carbons (Fsp3) is 0.435. The number of ketones is 1. The van der Waals surface area contributed by atoms with Gasteiger partial charge in [0.2, 0.25) is 0 Å². The second kappa shape index (κ2) is 10.1. The lowest BCUT2D eigenvalue weighted by Crippen LogP contribution is -2.38. The highest BCUT2D eigenvalue weighted by Gasteiger charge is 2.26. The molecule has 2 aromatic carbocycles. The molecule has 0 unspecified atom stereocenters. The fourth-order valence-electron chi connectivity index (χ4n) is 3.81. The van der Waals surface area contributed by atoms with Gasteiger partial charge in [0, 0.05) is 35.0 Å². The van der Waals surface area contributed by atoms with E-state index in [0.717, 1.165) is 54.9 Å². The van der Waals surface area contributed by atoms with Gasteiger partial charge >= 0.3 is 0 Å². The molecule has 1 fully saturated rings. The van der Waals surface area contributed by atoms with Crippen molar-refractivity contribution >= 4 is 17.5 Å². The highest BCUT2D eigenvalue weighted by molar-refractivity contribution is 7.98. The molecule has 1 heterocycles. The predicted molar refractivity (Wildman–Crippen MR) is 114 cm³/mol. The maximum absolute atomic E-state index is 12.9. The fourth-order valence-corrected chi connectivity index (χ4v) is 4.22. The Bertz CT molecular complexity index is 791. The average molecular weight is 400 g/mol. The van der Waals surface area contributed by atoms with Crippen molar-refractivity contribution < 1.29 is 14.6 Å². The van der Waals surface area contributed by atoms with E-state index in [2.05, 4.69) is 11.0 Å². The third-order valence-corrected chi connectivity index (χ3v) is 6.00. The molecule has 0 radical (unpaired) electrons. The Morgan fingerprint density at radius 1 is 1.25 bits per heavy atom. The predicted octanol–water partition coefficient (Wildman–Crippen LogP) is 4.39. The Kier molecular flexibility index (Phi) is 7.54. The number of aliphatic hydroxyl groups is 1. The van der Waals surface area contributed by atoms with Gasteiger partial charge in [0.1, 0.15) is 5.75 Å². The highest BCUT2D eigenvalue weighted by Crippen LogP contribution is 2.26. The van der Waals surface area contributed by atoms with Crippen LogP contribution in [0, 0.1) is 5.92 Å². The summed E-state index contributed by atoms with van der Waals surface area (Å²) in [5.41, 5.74) is 2.77. The van der Waals surface area contributed by atoms with Crippen LogP contribution in [0.3, 0.4) is 0 Å². The summed E-state index contributed by atoms with van der Waals surface area (Å²) in [5.74, 6) is 1.04. The van der Waals surface area contributed by atoms with Crippen LogP contribution >= 0.6 is 11.8 Å². The van der Waals surface area contributed by atoms with E-state index in [1.165, 1.54) is 4.90 Å². The molecule has 3 rings (SSSR count). The molecular formula is C23H29NO3S. The number of ether oxygens (including phenoxy) is 1. The Labute approximate surface area is 171 Å². The van der Waals surface area contributed by atoms with Crippen LogP contribution in [0.15, 0.2) is 47.4 Å². The summed E-state index contributed by atoms with van der Waals surface area (Å²) in [7, 11) is 0. The quantitative estimate of drug-likeness (QED) is 0.527. The van der Waals surface area contributed by atoms with Crippen LogP contribution < -0.4 is 4.74 Å². The van der Waals surface area contributed by atoms with Crippen LogP contribution in [-0.4, -0.2) is 41.7 Å². The number of carbonyl (C=O) groups excluding carboxylic acids is 1. The molecule has 1 aliphatic rings. The smallest absolute Gasteiger partial charge is 0.167 e. The molecule has 0 saturated carbocycles. The summed E-state index contributed by atoms with van der Waals surface area (Å²) in [4.78, 5) is 16.5. The minimum absolute atomic E-state index is 0.0314. The van der Waals surface area contributed by atoms with Gasteiger partial charge in [-0.25, -0.2) is 0 Å². The molecule has 1 N–H and O–H groups in total. The summed E-state index contributed by atoms with van der Waals surface area (Å²) < 4.78 is 5.57. The normalized spacial score (nSPS) is 17.5. The molecule has 0 aliphatic carbocycles. The first-order valence-electron chi connectivity index (χ1n) is 9.90. The highest BCUT2D eigenvalue weighted by atomic mass is 32.2. The monoisotopic (exact) mass is 399 g/mol. The number of hydrogen-bond donors (Lipinski definition) is 1. The number of carbonyl (C=O) groups is 1. The first-order valence-corrected chi connectivity index (χ1v) is 11.1. The number of nitrogens with zero attached hydrogens (tertiary/aromatic N) is 1. The number of benzene rings is 2. The maximum Gasteiger partial charge on any atom is 0.167 e. The average Bonchev–Trinajstić information content (AvgIpc) is 2.74. The van der Waals surface area contributed by atoms with Crippen molar-refractivity contribution in [2.24, 2.45) is 5.92 Å².